The Morgan fingerprint density at radius 3 is 2.33 bits per heavy atom. The molecule has 1 saturated heterocycles. The Hall–Kier alpha value is -0.670. The van der Waals surface area contributed by atoms with E-state index in [2.05, 4.69) is 0 Å². The Balaban J connectivity index is 1.63. The fraction of sp³-hybridized carbons (Fsp3) is 0.909. The number of hydrogen-bond acceptors (Lipinski definition) is 1. The van der Waals surface area contributed by atoms with Crippen LogP contribution in [0.5, 0.6) is 0 Å². The molecule has 2 saturated carbocycles. The van der Waals surface area contributed by atoms with Crippen LogP contribution in [0.1, 0.15) is 32.1 Å². The van der Waals surface area contributed by atoms with Gasteiger partial charge in [-0.3, -0.25) is 4.79 Å². The van der Waals surface area contributed by atoms with E-state index in [0.717, 1.165) is 13.0 Å². The fourth-order valence-electron chi connectivity index (χ4n) is 2.91. The number of carbonyl (C=O) groups excluding carboxylic acids is 1. The van der Waals surface area contributed by atoms with E-state index in [9.17, 15) is 13.6 Å². The summed E-state index contributed by atoms with van der Waals surface area (Å²) in [6.07, 6.45) is 4.39. The summed E-state index contributed by atoms with van der Waals surface area (Å²) in [6, 6.07) is 0. The Morgan fingerprint density at radius 2 is 1.93 bits per heavy atom. The van der Waals surface area contributed by atoms with Crippen molar-refractivity contribution >= 4 is 5.91 Å². The quantitative estimate of drug-likeness (QED) is 0.655. The summed E-state index contributed by atoms with van der Waals surface area (Å²) in [4.78, 5) is 13.4. The van der Waals surface area contributed by atoms with Gasteiger partial charge in [0.2, 0.25) is 5.91 Å². The average molecular weight is 215 g/mol. The molecular formula is C11H15F2NO. The Labute approximate surface area is 87.6 Å². The lowest BCUT2D eigenvalue weighted by molar-refractivity contribution is -0.134. The predicted molar refractivity (Wildman–Crippen MR) is 50.5 cm³/mol. The molecule has 3 aliphatic rings. The zero-order valence-electron chi connectivity index (χ0n) is 8.64. The van der Waals surface area contributed by atoms with Crippen LogP contribution in [0.15, 0.2) is 0 Å². The molecule has 3 rings (SSSR count). The molecule has 0 bridgehead atoms. The van der Waals surface area contributed by atoms with E-state index in [0.29, 0.717) is 12.0 Å². The maximum Gasteiger partial charge on any atom is 0.260 e. The summed E-state index contributed by atoms with van der Waals surface area (Å²) in [5.41, 5.74) is 0.319. The monoisotopic (exact) mass is 215 g/mol. The highest BCUT2D eigenvalue weighted by molar-refractivity contribution is 5.83. The van der Waals surface area contributed by atoms with E-state index < -0.39 is 11.8 Å². The Bertz CT molecular complexity index is 312. The molecule has 1 amide bonds. The van der Waals surface area contributed by atoms with Crippen LogP contribution >= 0.6 is 0 Å². The third-order valence-electron chi connectivity index (χ3n) is 4.29. The molecule has 1 heterocycles. The number of likely N-dealkylation sites (tertiary alicyclic amines) is 1. The van der Waals surface area contributed by atoms with Crippen LogP contribution < -0.4 is 0 Å². The Morgan fingerprint density at radius 1 is 1.27 bits per heavy atom. The van der Waals surface area contributed by atoms with Crippen molar-refractivity contribution in [3.63, 3.8) is 0 Å². The molecule has 0 aromatic carbocycles. The number of rotatable bonds is 1. The van der Waals surface area contributed by atoms with Gasteiger partial charge in [-0.15, -0.1) is 0 Å². The van der Waals surface area contributed by atoms with Gasteiger partial charge in [-0.05, 0) is 24.7 Å². The predicted octanol–water partition coefficient (Wildman–Crippen LogP) is 2.04. The Kier molecular flexibility index (Phi) is 1.73. The summed E-state index contributed by atoms with van der Waals surface area (Å²) in [7, 11) is 0. The van der Waals surface area contributed by atoms with E-state index in [-0.39, 0.29) is 12.3 Å². The molecule has 0 radical (unpaired) electrons. The molecule has 2 aliphatic carbocycles. The molecule has 84 valence electrons. The molecule has 2 nitrogen and oxygen atoms in total. The zero-order valence-corrected chi connectivity index (χ0v) is 8.64. The summed E-state index contributed by atoms with van der Waals surface area (Å²) in [6.45, 7) is 1.43. The van der Waals surface area contributed by atoms with Gasteiger partial charge in [0, 0.05) is 19.5 Å². The van der Waals surface area contributed by atoms with Gasteiger partial charge in [0.15, 0.2) is 0 Å². The van der Waals surface area contributed by atoms with Gasteiger partial charge in [0.1, 0.15) is 5.92 Å². The number of hydrogen-bond donors (Lipinski definition) is 0. The van der Waals surface area contributed by atoms with E-state index in [4.69, 9.17) is 0 Å². The minimum atomic E-state index is -2.70. The standard InChI is InChI=1S/C11H15F2NO/c12-11(13)6-8(11)9(15)14-5-4-10(7-14)2-1-3-10/h8H,1-7H2. The van der Waals surface area contributed by atoms with Crippen LogP contribution in [-0.4, -0.2) is 29.8 Å². The number of halogens is 2. The van der Waals surface area contributed by atoms with Crippen molar-refractivity contribution in [3.8, 4) is 0 Å². The highest BCUT2D eigenvalue weighted by Gasteiger charge is 2.63. The molecule has 0 aromatic rings. The summed E-state index contributed by atoms with van der Waals surface area (Å²) < 4.78 is 25.5. The topological polar surface area (TPSA) is 20.3 Å². The second-order valence-corrected chi connectivity index (χ2v) is 5.38. The lowest BCUT2D eigenvalue weighted by Gasteiger charge is -2.37. The average Bonchev–Trinajstić information content (AvgIpc) is 2.64. The van der Waals surface area contributed by atoms with E-state index in [1.54, 1.807) is 4.90 Å². The van der Waals surface area contributed by atoms with Gasteiger partial charge in [-0.1, -0.05) is 6.42 Å². The number of nitrogens with zero attached hydrogens (tertiary/aromatic N) is 1. The first-order valence-corrected chi connectivity index (χ1v) is 5.69. The van der Waals surface area contributed by atoms with Crippen LogP contribution in [-0.2, 0) is 4.79 Å². The summed E-state index contributed by atoms with van der Waals surface area (Å²) in [5.74, 6) is -4.00. The smallest absolute Gasteiger partial charge is 0.260 e. The first-order chi connectivity index (χ1) is 7.03. The van der Waals surface area contributed by atoms with Crippen molar-refractivity contribution in [2.24, 2.45) is 11.3 Å². The van der Waals surface area contributed by atoms with Crippen molar-refractivity contribution in [3.05, 3.63) is 0 Å². The largest absolute Gasteiger partial charge is 0.342 e. The van der Waals surface area contributed by atoms with E-state index >= 15 is 0 Å². The van der Waals surface area contributed by atoms with Crippen LogP contribution in [0.2, 0.25) is 0 Å². The molecule has 1 unspecified atom stereocenters. The zero-order chi connectivity index (χ0) is 10.7. The lowest BCUT2D eigenvalue weighted by atomic mass is 9.68. The van der Waals surface area contributed by atoms with Crippen molar-refractivity contribution in [2.45, 2.75) is 38.0 Å². The van der Waals surface area contributed by atoms with Gasteiger partial charge in [0.05, 0.1) is 0 Å². The molecular weight excluding hydrogens is 200 g/mol. The van der Waals surface area contributed by atoms with Gasteiger partial charge in [-0.2, -0.15) is 0 Å². The highest BCUT2D eigenvalue weighted by Crippen LogP contribution is 2.52. The normalized spacial score (nSPS) is 35.3. The third-order valence-corrected chi connectivity index (χ3v) is 4.29. The van der Waals surface area contributed by atoms with Crippen LogP contribution in [0.4, 0.5) is 8.78 Å². The number of alkyl halides is 2. The highest BCUT2D eigenvalue weighted by atomic mass is 19.3. The molecule has 4 heteroatoms. The second kappa shape index (κ2) is 2.71. The fourth-order valence-corrected chi connectivity index (χ4v) is 2.91. The van der Waals surface area contributed by atoms with Crippen molar-refractivity contribution < 1.29 is 13.6 Å². The molecule has 1 spiro atoms. The molecule has 1 atom stereocenters. The lowest BCUT2D eigenvalue weighted by Crippen LogP contribution is -2.37. The van der Waals surface area contributed by atoms with Crippen molar-refractivity contribution in [1.29, 1.82) is 0 Å². The number of carbonyl (C=O) groups is 1. The molecule has 0 aromatic heterocycles. The first kappa shape index (κ1) is 9.55. The minimum Gasteiger partial charge on any atom is -0.342 e. The van der Waals surface area contributed by atoms with Crippen LogP contribution in [0.25, 0.3) is 0 Å². The first-order valence-electron chi connectivity index (χ1n) is 5.69. The van der Waals surface area contributed by atoms with Gasteiger partial charge in [0.25, 0.3) is 5.92 Å². The van der Waals surface area contributed by atoms with Gasteiger partial charge >= 0.3 is 0 Å². The van der Waals surface area contributed by atoms with Crippen molar-refractivity contribution in [1.82, 2.24) is 4.90 Å². The second-order valence-electron chi connectivity index (χ2n) is 5.38. The molecule has 15 heavy (non-hydrogen) atoms. The van der Waals surface area contributed by atoms with Crippen LogP contribution in [0.3, 0.4) is 0 Å². The van der Waals surface area contributed by atoms with Gasteiger partial charge < -0.3 is 4.90 Å². The third kappa shape index (κ3) is 1.37. The SMILES string of the molecule is O=C(C1CC1(F)F)N1CCC2(CCC2)C1. The molecule has 0 N–H and O–H groups in total. The minimum absolute atomic E-state index is 0.227. The molecule has 1 aliphatic heterocycles. The number of amides is 1. The maximum absolute atomic E-state index is 12.7. The van der Waals surface area contributed by atoms with E-state index in [1.807, 2.05) is 0 Å². The van der Waals surface area contributed by atoms with Crippen LogP contribution in [0, 0.1) is 11.3 Å². The van der Waals surface area contributed by atoms with E-state index in [1.165, 1.54) is 19.3 Å². The molecule has 3 fully saturated rings. The summed E-state index contributed by atoms with van der Waals surface area (Å²) >= 11 is 0. The van der Waals surface area contributed by atoms with Crippen molar-refractivity contribution in [2.75, 3.05) is 13.1 Å². The summed E-state index contributed by atoms with van der Waals surface area (Å²) in [5, 5.41) is 0. The maximum atomic E-state index is 12.7. The van der Waals surface area contributed by atoms with Gasteiger partial charge in [-0.25, -0.2) is 8.78 Å².